The van der Waals surface area contributed by atoms with Gasteiger partial charge in [-0.2, -0.15) is 0 Å². The summed E-state index contributed by atoms with van der Waals surface area (Å²) in [4.78, 5) is 0. The third-order valence-electron chi connectivity index (χ3n) is 1.11. The van der Waals surface area contributed by atoms with Gasteiger partial charge in [-0.25, -0.2) is 0 Å². The summed E-state index contributed by atoms with van der Waals surface area (Å²) in [7, 11) is 0. The molecule has 0 heterocycles. The third-order valence-corrected chi connectivity index (χ3v) is 1.42. The standard InChI is InChI=1S/C9H7ClO/c1-2-7-11-9-6-4-3-5-8(9)10/h3-7H,1H2. The van der Waals surface area contributed by atoms with E-state index in [1.807, 2.05) is 12.1 Å². The lowest BCUT2D eigenvalue weighted by Crippen LogP contribution is -1.80. The largest absolute Gasteiger partial charge is 0.455 e. The fraction of sp³-hybridized carbons (Fsp3) is 0. The predicted molar refractivity (Wildman–Crippen MR) is 45.8 cm³/mol. The number of halogens is 1. The lowest BCUT2D eigenvalue weighted by atomic mass is 10.3. The highest BCUT2D eigenvalue weighted by Gasteiger charge is 1.95. The first-order valence-corrected chi connectivity index (χ1v) is 3.48. The van der Waals surface area contributed by atoms with Crippen LogP contribution in [-0.2, 0) is 0 Å². The molecule has 11 heavy (non-hydrogen) atoms. The minimum atomic E-state index is 0.582. The van der Waals surface area contributed by atoms with Crippen LogP contribution in [0.3, 0.4) is 0 Å². The summed E-state index contributed by atoms with van der Waals surface area (Å²) < 4.78 is 5.06. The summed E-state index contributed by atoms with van der Waals surface area (Å²) in [5.74, 6) is 0.616. The van der Waals surface area contributed by atoms with Crippen molar-refractivity contribution in [2.45, 2.75) is 0 Å². The average Bonchev–Trinajstić information content (AvgIpc) is 2.03. The predicted octanol–water partition coefficient (Wildman–Crippen LogP) is 3.02. The Morgan fingerprint density at radius 1 is 1.45 bits per heavy atom. The highest BCUT2D eigenvalue weighted by molar-refractivity contribution is 6.32. The number of ether oxygens (including phenoxy) is 1. The van der Waals surface area contributed by atoms with E-state index in [4.69, 9.17) is 16.3 Å². The Bertz CT molecular complexity index is 287. The van der Waals surface area contributed by atoms with Gasteiger partial charge in [-0.3, -0.25) is 0 Å². The van der Waals surface area contributed by atoms with E-state index in [0.717, 1.165) is 0 Å². The summed E-state index contributed by atoms with van der Waals surface area (Å²) in [5.41, 5.74) is 2.49. The van der Waals surface area contributed by atoms with E-state index in [1.54, 1.807) is 12.1 Å². The van der Waals surface area contributed by atoms with E-state index in [0.29, 0.717) is 10.8 Å². The molecule has 0 N–H and O–H groups in total. The zero-order chi connectivity index (χ0) is 8.10. The molecule has 0 aliphatic carbocycles. The maximum absolute atomic E-state index is 5.77. The van der Waals surface area contributed by atoms with Crippen molar-refractivity contribution in [1.82, 2.24) is 0 Å². The van der Waals surface area contributed by atoms with Crippen molar-refractivity contribution in [3.63, 3.8) is 0 Å². The smallest absolute Gasteiger partial charge is 0.146 e. The summed E-state index contributed by atoms with van der Waals surface area (Å²) in [6.07, 6.45) is 1.36. The van der Waals surface area contributed by atoms with Gasteiger partial charge in [0.15, 0.2) is 0 Å². The van der Waals surface area contributed by atoms with Crippen LogP contribution in [0.2, 0.25) is 5.02 Å². The van der Waals surface area contributed by atoms with Crippen LogP contribution in [0.15, 0.2) is 42.8 Å². The number of hydrogen-bond donors (Lipinski definition) is 0. The molecular formula is C9H7ClO. The molecule has 0 unspecified atom stereocenters. The molecule has 0 fully saturated rings. The molecular weight excluding hydrogens is 160 g/mol. The van der Waals surface area contributed by atoms with E-state index >= 15 is 0 Å². The minimum absolute atomic E-state index is 0.582. The number of hydrogen-bond acceptors (Lipinski definition) is 1. The maximum Gasteiger partial charge on any atom is 0.146 e. The summed E-state index contributed by atoms with van der Waals surface area (Å²) in [6.45, 7) is 3.36. The van der Waals surface area contributed by atoms with E-state index < -0.39 is 0 Å². The van der Waals surface area contributed by atoms with Crippen molar-refractivity contribution < 1.29 is 4.74 Å². The maximum atomic E-state index is 5.77. The Kier molecular flexibility index (Phi) is 2.79. The molecule has 0 amide bonds. The normalized spacial score (nSPS) is 8.45. The van der Waals surface area contributed by atoms with Crippen molar-refractivity contribution in [3.8, 4) is 5.75 Å². The molecule has 0 bridgehead atoms. The second-order valence-electron chi connectivity index (χ2n) is 1.87. The number of benzene rings is 1. The second-order valence-corrected chi connectivity index (χ2v) is 2.28. The van der Waals surface area contributed by atoms with Crippen LogP contribution in [0, 0.1) is 0 Å². The van der Waals surface area contributed by atoms with E-state index in [-0.39, 0.29) is 0 Å². The molecule has 1 rings (SSSR count). The van der Waals surface area contributed by atoms with Crippen LogP contribution in [0.25, 0.3) is 0 Å². The first-order valence-electron chi connectivity index (χ1n) is 3.10. The van der Waals surface area contributed by atoms with Crippen LogP contribution in [0.5, 0.6) is 5.75 Å². The van der Waals surface area contributed by atoms with Gasteiger partial charge in [-0.05, 0) is 12.1 Å². The van der Waals surface area contributed by atoms with E-state index in [9.17, 15) is 0 Å². The Balaban J connectivity index is 2.85. The third kappa shape index (κ3) is 2.15. The molecule has 0 aliphatic rings. The Morgan fingerprint density at radius 2 is 2.18 bits per heavy atom. The van der Waals surface area contributed by atoms with Crippen LogP contribution in [0.1, 0.15) is 0 Å². The molecule has 1 nitrogen and oxygen atoms in total. The lowest BCUT2D eigenvalue weighted by molar-refractivity contribution is 0.483. The van der Waals surface area contributed by atoms with Crippen LogP contribution >= 0.6 is 11.6 Å². The van der Waals surface area contributed by atoms with Crippen molar-refractivity contribution in [1.29, 1.82) is 0 Å². The van der Waals surface area contributed by atoms with Crippen LogP contribution in [-0.4, -0.2) is 0 Å². The highest BCUT2D eigenvalue weighted by atomic mass is 35.5. The molecule has 0 spiro atoms. The van der Waals surface area contributed by atoms with Crippen molar-refractivity contribution >= 4 is 11.6 Å². The molecule has 56 valence electrons. The zero-order valence-corrected chi connectivity index (χ0v) is 6.64. The monoisotopic (exact) mass is 166 g/mol. The summed E-state index contributed by atoms with van der Waals surface area (Å²) in [5, 5.41) is 0.582. The number of para-hydroxylation sites is 1. The van der Waals surface area contributed by atoms with Crippen LogP contribution in [0.4, 0.5) is 0 Å². The molecule has 1 aromatic carbocycles. The van der Waals surface area contributed by atoms with Gasteiger partial charge in [0.05, 0.1) is 5.02 Å². The topological polar surface area (TPSA) is 9.23 Å². The van der Waals surface area contributed by atoms with Crippen LogP contribution < -0.4 is 4.74 Å². The highest BCUT2D eigenvalue weighted by Crippen LogP contribution is 2.22. The Morgan fingerprint density at radius 3 is 2.82 bits per heavy atom. The first-order chi connectivity index (χ1) is 5.34. The first kappa shape index (κ1) is 7.93. The van der Waals surface area contributed by atoms with Crippen molar-refractivity contribution in [2.75, 3.05) is 0 Å². The zero-order valence-electron chi connectivity index (χ0n) is 5.88. The van der Waals surface area contributed by atoms with Crippen molar-refractivity contribution in [3.05, 3.63) is 47.9 Å². The van der Waals surface area contributed by atoms with E-state index in [1.165, 1.54) is 6.26 Å². The molecule has 0 radical (unpaired) electrons. The van der Waals surface area contributed by atoms with Gasteiger partial charge in [0.25, 0.3) is 0 Å². The number of rotatable bonds is 2. The summed E-state index contributed by atoms with van der Waals surface area (Å²) >= 11 is 5.77. The quantitative estimate of drug-likeness (QED) is 0.485. The van der Waals surface area contributed by atoms with Crippen molar-refractivity contribution in [2.24, 2.45) is 0 Å². The van der Waals surface area contributed by atoms with Gasteiger partial charge in [-0.15, -0.1) is 0 Å². The Labute approximate surface area is 70.6 Å². The molecule has 0 saturated carbocycles. The minimum Gasteiger partial charge on any atom is -0.455 e. The fourth-order valence-electron chi connectivity index (χ4n) is 0.645. The lowest BCUT2D eigenvalue weighted by Gasteiger charge is -1.99. The molecule has 2 heteroatoms. The molecule has 1 aromatic rings. The van der Waals surface area contributed by atoms with Gasteiger partial charge < -0.3 is 4.74 Å². The SMILES string of the molecule is C=C=COc1ccccc1Cl. The van der Waals surface area contributed by atoms with Gasteiger partial charge in [0, 0.05) is 0 Å². The molecule has 0 atom stereocenters. The average molecular weight is 167 g/mol. The Hall–Kier alpha value is -1.17. The molecule has 0 saturated heterocycles. The second kappa shape index (κ2) is 3.87. The van der Waals surface area contributed by atoms with Gasteiger partial charge in [0.1, 0.15) is 12.0 Å². The van der Waals surface area contributed by atoms with Gasteiger partial charge in [-0.1, -0.05) is 36.0 Å². The van der Waals surface area contributed by atoms with Gasteiger partial charge >= 0.3 is 0 Å². The van der Waals surface area contributed by atoms with E-state index in [2.05, 4.69) is 12.3 Å². The molecule has 0 aliphatic heterocycles. The summed E-state index contributed by atoms with van der Waals surface area (Å²) in [6, 6.07) is 7.22. The molecule has 0 aromatic heterocycles. The van der Waals surface area contributed by atoms with Gasteiger partial charge in [0.2, 0.25) is 0 Å². The fourth-order valence-corrected chi connectivity index (χ4v) is 0.826.